The molecule has 1 N–H and O–H groups in total. The van der Waals surface area contributed by atoms with Crippen molar-refractivity contribution in [2.75, 3.05) is 19.7 Å². The van der Waals surface area contributed by atoms with Gasteiger partial charge in [-0.25, -0.2) is 0 Å². The lowest BCUT2D eigenvalue weighted by Gasteiger charge is -2.38. The molecule has 118 valence electrons. The summed E-state index contributed by atoms with van der Waals surface area (Å²) in [5, 5.41) is 3.37. The van der Waals surface area contributed by atoms with E-state index < -0.39 is 0 Å². The van der Waals surface area contributed by atoms with Gasteiger partial charge in [-0.3, -0.25) is 4.79 Å². The summed E-state index contributed by atoms with van der Waals surface area (Å²) in [6, 6.07) is 6.45. The SMILES string of the molecule is Cc1ccc(OCC(=O)N2CCNC(C)C2C)cc1C.Cl. The predicted octanol–water partition coefficient (Wildman–Crippen LogP) is 2.31. The molecule has 5 heteroatoms. The van der Waals surface area contributed by atoms with Crippen LogP contribution < -0.4 is 10.1 Å². The summed E-state index contributed by atoms with van der Waals surface area (Å²) in [6.45, 7) is 10.00. The van der Waals surface area contributed by atoms with Crippen LogP contribution in [0.4, 0.5) is 0 Å². The van der Waals surface area contributed by atoms with E-state index in [-0.39, 0.29) is 31.0 Å². The second-order valence-corrected chi connectivity index (χ2v) is 5.61. The second kappa shape index (κ2) is 7.66. The Morgan fingerprint density at radius 2 is 2.05 bits per heavy atom. The first-order valence-electron chi connectivity index (χ1n) is 7.22. The number of hydrogen-bond acceptors (Lipinski definition) is 3. The molecule has 2 unspecified atom stereocenters. The molecule has 1 aliphatic rings. The lowest BCUT2D eigenvalue weighted by molar-refractivity contribution is -0.137. The Hall–Kier alpha value is -1.26. The fraction of sp³-hybridized carbons (Fsp3) is 0.562. The van der Waals surface area contributed by atoms with Gasteiger partial charge >= 0.3 is 0 Å². The third kappa shape index (κ3) is 4.35. The van der Waals surface area contributed by atoms with Gasteiger partial charge in [0.05, 0.1) is 0 Å². The summed E-state index contributed by atoms with van der Waals surface area (Å²) in [4.78, 5) is 14.2. The van der Waals surface area contributed by atoms with Crippen LogP contribution in [-0.4, -0.2) is 42.6 Å². The van der Waals surface area contributed by atoms with E-state index in [1.165, 1.54) is 11.1 Å². The first kappa shape index (κ1) is 17.8. The maximum Gasteiger partial charge on any atom is 0.260 e. The molecule has 1 heterocycles. The molecule has 1 amide bonds. The molecular weight excluding hydrogens is 288 g/mol. The highest BCUT2D eigenvalue weighted by molar-refractivity contribution is 5.85. The largest absolute Gasteiger partial charge is 0.484 e. The van der Waals surface area contributed by atoms with E-state index in [0.29, 0.717) is 6.04 Å². The van der Waals surface area contributed by atoms with Crippen LogP contribution in [0.2, 0.25) is 0 Å². The van der Waals surface area contributed by atoms with Gasteiger partial charge < -0.3 is 15.0 Å². The number of hydrogen-bond donors (Lipinski definition) is 1. The third-order valence-electron chi connectivity index (χ3n) is 4.20. The monoisotopic (exact) mass is 312 g/mol. The number of nitrogens with zero attached hydrogens (tertiary/aromatic N) is 1. The van der Waals surface area contributed by atoms with E-state index in [4.69, 9.17) is 4.74 Å². The Bertz CT molecular complexity index is 493. The molecule has 2 rings (SSSR count). The van der Waals surface area contributed by atoms with Crippen molar-refractivity contribution in [1.82, 2.24) is 10.2 Å². The fourth-order valence-electron chi connectivity index (χ4n) is 2.44. The molecule has 0 saturated carbocycles. The number of amides is 1. The lowest BCUT2D eigenvalue weighted by Crippen LogP contribution is -2.58. The number of aryl methyl sites for hydroxylation is 2. The van der Waals surface area contributed by atoms with Crippen molar-refractivity contribution in [3.63, 3.8) is 0 Å². The van der Waals surface area contributed by atoms with E-state index in [0.717, 1.165) is 18.8 Å². The molecule has 1 saturated heterocycles. The van der Waals surface area contributed by atoms with Crippen molar-refractivity contribution in [3.05, 3.63) is 29.3 Å². The number of carbonyl (C=O) groups excluding carboxylic acids is 1. The summed E-state index contributed by atoms with van der Waals surface area (Å²) in [6.07, 6.45) is 0. The maximum absolute atomic E-state index is 12.3. The standard InChI is InChI=1S/C16H24N2O2.ClH/c1-11-5-6-15(9-12(11)2)20-10-16(19)18-8-7-17-13(3)14(18)4;/h5-6,9,13-14,17H,7-8,10H2,1-4H3;1H. The van der Waals surface area contributed by atoms with Crippen molar-refractivity contribution in [3.8, 4) is 5.75 Å². The molecule has 0 aliphatic carbocycles. The molecule has 1 aromatic carbocycles. The van der Waals surface area contributed by atoms with E-state index in [1.54, 1.807) is 0 Å². The summed E-state index contributed by atoms with van der Waals surface area (Å²) in [5.74, 6) is 0.821. The zero-order valence-corrected chi connectivity index (χ0v) is 14.0. The van der Waals surface area contributed by atoms with Gasteiger partial charge in [-0.2, -0.15) is 0 Å². The summed E-state index contributed by atoms with van der Waals surface area (Å²) >= 11 is 0. The zero-order valence-electron chi connectivity index (χ0n) is 13.2. The second-order valence-electron chi connectivity index (χ2n) is 5.61. The quantitative estimate of drug-likeness (QED) is 0.931. The summed E-state index contributed by atoms with van der Waals surface area (Å²) in [7, 11) is 0. The Morgan fingerprint density at radius 1 is 1.33 bits per heavy atom. The average molecular weight is 313 g/mol. The van der Waals surface area contributed by atoms with Gasteiger partial charge in [0.1, 0.15) is 5.75 Å². The minimum absolute atomic E-state index is 0. The molecule has 1 aliphatic heterocycles. The van der Waals surface area contributed by atoms with Crippen molar-refractivity contribution in [2.45, 2.75) is 39.8 Å². The first-order valence-corrected chi connectivity index (χ1v) is 7.22. The van der Waals surface area contributed by atoms with E-state index in [2.05, 4.69) is 26.1 Å². The smallest absolute Gasteiger partial charge is 0.260 e. The van der Waals surface area contributed by atoms with Gasteiger partial charge in [-0.05, 0) is 51.0 Å². The van der Waals surface area contributed by atoms with Crippen LogP contribution in [0.3, 0.4) is 0 Å². The predicted molar refractivity (Wildman–Crippen MR) is 87.3 cm³/mol. The normalized spacial score (nSPS) is 21.6. The van der Waals surface area contributed by atoms with E-state index in [9.17, 15) is 4.79 Å². The molecule has 0 radical (unpaired) electrons. The molecular formula is C16H25ClN2O2. The minimum Gasteiger partial charge on any atom is -0.484 e. The highest BCUT2D eigenvalue weighted by Gasteiger charge is 2.28. The maximum atomic E-state index is 12.3. The summed E-state index contributed by atoms with van der Waals surface area (Å²) in [5.41, 5.74) is 2.41. The topological polar surface area (TPSA) is 41.6 Å². The van der Waals surface area contributed by atoms with Crippen LogP contribution in [0.25, 0.3) is 0 Å². The molecule has 1 fully saturated rings. The number of rotatable bonds is 3. The number of halogens is 1. The Morgan fingerprint density at radius 3 is 2.71 bits per heavy atom. The van der Waals surface area contributed by atoms with Crippen LogP contribution in [0.1, 0.15) is 25.0 Å². The van der Waals surface area contributed by atoms with Crippen LogP contribution in [0, 0.1) is 13.8 Å². The number of benzene rings is 1. The average Bonchev–Trinajstić information content (AvgIpc) is 2.43. The zero-order chi connectivity index (χ0) is 14.7. The van der Waals surface area contributed by atoms with Crippen molar-refractivity contribution >= 4 is 18.3 Å². The van der Waals surface area contributed by atoms with Crippen molar-refractivity contribution in [2.24, 2.45) is 0 Å². The molecule has 1 aromatic rings. The lowest BCUT2D eigenvalue weighted by atomic mass is 10.1. The fourth-order valence-corrected chi connectivity index (χ4v) is 2.44. The van der Waals surface area contributed by atoms with E-state index >= 15 is 0 Å². The highest BCUT2D eigenvalue weighted by atomic mass is 35.5. The molecule has 2 atom stereocenters. The van der Waals surface area contributed by atoms with Crippen LogP contribution in [0.5, 0.6) is 5.75 Å². The Labute approximate surface area is 133 Å². The highest BCUT2D eigenvalue weighted by Crippen LogP contribution is 2.17. The van der Waals surface area contributed by atoms with Crippen LogP contribution in [-0.2, 0) is 4.79 Å². The van der Waals surface area contributed by atoms with Gasteiger partial charge in [0.15, 0.2) is 6.61 Å². The molecule has 4 nitrogen and oxygen atoms in total. The number of nitrogens with one attached hydrogen (secondary N) is 1. The Kier molecular flexibility index (Phi) is 6.49. The van der Waals surface area contributed by atoms with Crippen molar-refractivity contribution < 1.29 is 9.53 Å². The van der Waals surface area contributed by atoms with Crippen LogP contribution >= 0.6 is 12.4 Å². The minimum atomic E-state index is 0. The first-order chi connectivity index (χ1) is 9.49. The molecule has 0 spiro atoms. The molecule has 0 aromatic heterocycles. The van der Waals surface area contributed by atoms with Crippen molar-refractivity contribution in [1.29, 1.82) is 0 Å². The number of carbonyl (C=O) groups is 1. The Balaban J connectivity index is 0.00000220. The van der Waals surface area contributed by atoms with Gasteiger partial charge in [-0.1, -0.05) is 6.07 Å². The van der Waals surface area contributed by atoms with Gasteiger partial charge in [0.25, 0.3) is 5.91 Å². The van der Waals surface area contributed by atoms with Crippen LogP contribution in [0.15, 0.2) is 18.2 Å². The summed E-state index contributed by atoms with van der Waals surface area (Å²) < 4.78 is 5.63. The number of piperazine rings is 1. The van der Waals surface area contributed by atoms with Gasteiger partial charge in [0, 0.05) is 25.2 Å². The van der Waals surface area contributed by atoms with E-state index in [1.807, 2.05) is 30.0 Å². The van der Waals surface area contributed by atoms with Gasteiger partial charge in [0.2, 0.25) is 0 Å². The molecule has 0 bridgehead atoms. The third-order valence-corrected chi connectivity index (χ3v) is 4.20. The number of ether oxygens (including phenoxy) is 1. The molecule has 21 heavy (non-hydrogen) atoms. The van der Waals surface area contributed by atoms with Gasteiger partial charge in [-0.15, -0.1) is 12.4 Å².